The molecule has 0 amide bonds. The second kappa shape index (κ2) is 12.1. The van der Waals surface area contributed by atoms with Crippen LogP contribution < -0.4 is 5.32 Å². The van der Waals surface area contributed by atoms with Crippen LogP contribution in [0.1, 0.15) is 38.1 Å². The van der Waals surface area contributed by atoms with Crippen LogP contribution in [0.4, 0.5) is 0 Å². The van der Waals surface area contributed by atoms with Crippen molar-refractivity contribution in [3.8, 4) is 0 Å². The lowest BCUT2D eigenvalue weighted by molar-refractivity contribution is 0.155. The zero-order chi connectivity index (χ0) is 19.9. The van der Waals surface area contributed by atoms with Crippen molar-refractivity contribution in [3.05, 3.63) is 17.5 Å². The van der Waals surface area contributed by atoms with Crippen LogP contribution in [-0.2, 0) is 6.54 Å². The molecule has 0 spiro atoms. The Balaban J connectivity index is 0.00000300. The van der Waals surface area contributed by atoms with Crippen molar-refractivity contribution in [2.45, 2.75) is 40.2 Å². The van der Waals surface area contributed by atoms with Crippen molar-refractivity contribution in [3.63, 3.8) is 0 Å². The van der Waals surface area contributed by atoms with Gasteiger partial charge in [0, 0.05) is 65.5 Å². The van der Waals surface area contributed by atoms with Gasteiger partial charge in [-0.3, -0.25) is 9.89 Å². The Kier molecular flexibility index (Phi) is 10.2. The van der Waals surface area contributed by atoms with E-state index in [0.29, 0.717) is 0 Å². The van der Waals surface area contributed by atoms with Crippen molar-refractivity contribution < 1.29 is 4.52 Å². The third kappa shape index (κ3) is 7.71. The van der Waals surface area contributed by atoms with Gasteiger partial charge in [0.15, 0.2) is 5.96 Å². The lowest BCUT2D eigenvalue weighted by Gasteiger charge is -2.37. The summed E-state index contributed by atoms with van der Waals surface area (Å²) in [4.78, 5) is 12.0. The van der Waals surface area contributed by atoms with E-state index in [4.69, 9.17) is 4.52 Å². The molecule has 2 aliphatic heterocycles. The SMILES string of the molecule is CN=C(NCC1CCCN(CC(C)C)C1)N1CCN(Cc2cc(C)on2)CC1.I. The predicted octanol–water partition coefficient (Wildman–Crippen LogP) is 2.66. The fourth-order valence-electron chi connectivity index (χ4n) is 4.41. The number of nitrogens with one attached hydrogen (secondary N) is 1. The topological polar surface area (TPSA) is 60.1 Å². The lowest BCUT2D eigenvalue weighted by atomic mass is 9.97. The fourth-order valence-corrected chi connectivity index (χ4v) is 4.41. The molecule has 29 heavy (non-hydrogen) atoms. The molecule has 0 bridgehead atoms. The summed E-state index contributed by atoms with van der Waals surface area (Å²) in [6.45, 7) is 16.2. The van der Waals surface area contributed by atoms with E-state index in [1.165, 1.54) is 32.5 Å². The normalized spacial score (nSPS) is 22.0. The number of rotatable bonds is 6. The molecule has 2 aliphatic rings. The van der Waals surface area contributed by atoms with Gasteiger partial charge in [-0.1, -0.05) is 19.0 Å². The van der Waals surface area contributed by atoms with Crippen molar-refractivity contribution in [2.24, 2.45) is 16.8 Å². The van der Waals surface area contributed by atoms with Gasteiger partial charge in [-0.25, -0.2) is 0 Å². The monoisotopic (exact) mass is 518 g/mol. The number of aliphatic imine (C=N–C) groups is 1. The molecule has 1 N–H and O–H groups in total. The Labute approximate surface area is 193 Å². The number of halogens is 1. The molecule has 1 atom stereocenters. The number of hydrogen-bond acceptors (Lipinski definition) is 5. The van der Waals surface area contributed by atoms with Crippen molar-refractivity contribution in [1.29, 1.82) is 0 Å². The number of nitrogens with zero attached hydrogens (tertiary/aromatic N) is 5. The van der Waals surface area contributed by atoms with Gasteiger partial charge in [-0.2, -0.15) is 0 Å². The molecule has 0 radical (unpaired) electrons. The number of piperidine rings is 1. The highest BCUT2D eigenvalue weighted by Gasteiger charge is 2.23. The molecule has 1 unspecified atom stereocenters. The molecule has 166 valence electrons. The fraction of sp³-hybridized carbons (Fsp3) is 0.810. The minimum absolute atomic E-state index is 0. The Bertz CT molecular complexity index is 626. The minimum Gasteiger partial charge on any atom is -0.361 e. The Morgan fingerprint density at radius 3 is 2.62 bits per heavy atom. The number of aryl methyl sites for hydroxylation is 1. The molecule has 0 aliphatic carbocycles. The zero-order valence-corrected chi connectivity index (χ0v) is 20.9. The summed E-state index contributed by atoms with van der Waals surface area (Å²) in [6, 6.07) is 2.03. The van der Waals surface area contributed by atoms with E-state index < -0.39 is 0 Å². The Morgan fingerprint density at radius 1 is 1.24 bits per heavy atom. The zero-order valence-electron chi connectivity index (χ0n) is 18.6. The minimum atomic E-state index is 0. The maximum Gasteiger partial charge on any atom is 0.193 e. The molecular formula is C21H39IN6O. The highest BCUT2D eigenvalue weighted by Crippen LogP contribution is 2.17. The average molecular weight is 518 g/mol. The first kappa shape index (κ1) is 24.4. The number of aromatic nitrogens is 1. The average Bonchev–Trinajstić information content (AvgIpc) is 3.08. The van der Waals surface area contributed by atoms with Gasteiger partial charge in [-0.05, 0) is 38.1 Å². The van der Waals surface area contributed by atoms with Crippen LogP contribution in [0.2, 0.25) is 0 Å². The van der Waals surface area contributed by atoms with Gasteiger partial charge in [0.1, 0.15) is 5.76 Å². The van der Waals surface area contributed by atoms with E-state index in [9.17, 15) is 0 Å². The van der Waals surface area contributed by atoms with Gasteiger partial charge >= 0.3 is 0 Å². The van der Waals surface area contributed by atoms with E-state index in [2.05, 4.69) is 44.0 Å². The van der Waals surface area contributed by atoms with Gasteiger partial charge in [-0.15, -0.1) is 24.0 Å². The van der Waals surface area contributed by atoms with E-state index in [1.54, 1.807) is 0 Å². The molecule has 1 aromatic heterocycles. The number of piperazine rings is 1. The summed E-state index contributed by atoms with van der Waals surface area (Å²) in [5, 5.41) is 7.77. The quantitative estimate of drug-likeness (QED) is 0.355. The van der Waals surface area contributed by atoms with Gasteiger partial charge in [0.2, 0.25) is 0 Å². The molecule has 7 nitrogen and oxygen atoms in total. The molecule has 0 aromatic carbocycles. The summed E-state index contributed by atoms with van der Waals surface area (Å²) >= 11 is 0. The molecule has 3 rings (SSSR count). The van der Waals surface area contributed by atoms with Crippen LogP contribution >= 0.6 is 24.0 Å². The largest absolute Gasteiger partial charge is 0.361 e. The van der Waals surface area contributed by atoms with Crippen molar-refractivity contribution >= 4 is 29.9 Å². The molecule has 1 aromatic rings. The molecule has 2 saturated heterocycles. The number of guanidine groups is 1. The molecule has 8 heteroatoms. The standard InChI is InChI=1S/C21H38N6O.HI/c1-17(2)14-26-7-5-6-19(15-26)13-23-21(22-4)27-10-8-25(9-11-27)16-20-12-18(3)28-24-20;/h12,17,19H,5-11,13-16H2,1-4H3,(H,22,23);1H. The Hall–Kier alpha value is -0.870. The summed E-state index contributed by atoms with van der Waals surface area (Å²) in [5.41, 5.74) is 1.02. The number of likely N-dealkylation sites (tertiary alicyclic amines) is 1. The maximum atomic E-state index is 5.18. The van der Waals surface area contributed by atoms with Gasteiger partial charge in [0.05, 0.1) is 5.69 Å². The molecule has 3 heterocycles. The van der Waals surface area contributed by atoms with Crippen LogP contribution in [0, 0.1) is 18.8 Å². The van der Waals surface area contributed by atoms with Gasteiger partial charge in [0.25, 0.3) is 0 Å². The van der Waals surface area contributed by atoms with Crippen LogP contribution in [0.25, 0.3) is 0 Å². The molecule has 2 fully saturated rings. The lowest BCUT2D eigenvalue weighted by Crippen LogP contribution is -2.53. The van der Waals surface area contributed by atoms with E-state index >= 15 is 0 Å². The summed E-state index contributed by atoms with van der Waals surface area (Å²) in [5.74, 6) is 3.41. The van der Waals surface area contributed by atoms with Crippen molar-refractivity contribution in [1.82, 2.24) is 25.2 Å². The van der Waals surface area contributed by atoms with Crippen LogP contribution in [0.3, 0.4) is 0 Å². The van der Waals surface area contributed by atoms with E-state index in [0.717, 1.165) is 68.5 Å². The van der Waals surface area contributed by atoms with Crippen molar-refractivity contribution in [2.75, 3.05) is 59.4 Å². The second-order valence-electron chi connectivity index (χ2n) is 8.78. The first-order valence-electron chi connectivity index (χ1n) is 10.9. The van der Waals surface area contributed by atoms with E-state index in [-0.39, 0.29) is 24.0 Å². The van der Waals surface area contributed by atoms with Gasteiger partial charge < -0.3 is 19.6 Å². The summed E-state index contributed by atoms with van der Waals surface area (Å²) < 4.78 is 5.18. The van der Waals surface area contributed by atoms with Crippen LogP contribution in [0.5, 0.6) is 0 Å². The summed E-state index contributed by atoms with van der Waals surface area (Å²) in [6.07, 6.45) is 2.64. The third-order valence-electron chi connectivity index (χ3n) is 5.72. The first-order chi connectivity index (χ1) is 13.5. The highest BCUT2D eigenvalue weighted by molar-refractivity contribution is 14.0. The first-order valence-corrected chi connectivity index (χ1v) is 10.9. The molecule has 0 saturated carbocycles. The van der Waals surface area contributed by atoms with Crippen LogP contribution in [-0.4, -0.2) is 85.2 Å². The van der Waals surface area contributed by atoms with Crippen LogP contribution in [0.15, 0.2) is 15.6 Å². The Morgan fingerprint density at radius 2 is 2.00 bits per heavy atom. The predicted molar refractivity (Wildman–Crippen MR) is 129 cm³/mol. The summed E-state index contributed by atoms with van der Waals surface area (Å²) in [7, 11) is 1.90. The second-order valence-corrected chi connectivity index (χ2v) is 8.78. The van der Waals surface area contributed by atoms with E-state index in [1.807, 2.05) is 20.0 Å². The smallest absolute Gasteiger partial charge is 0.193 e. The maximum absolute atomic E-state index is 5.18. The number of hydrogen-bond donors (Lipinski definition) is 1. The molecular weight excluding hydrogens is 479 g/mol. The highest BCUT2D eigenvalue weighted by atomic mass is 127. The third-order valence-corrected chi connectivity index (χ3v) is 5.72.